The molecule has 0 saturated heterocycles. The van der Waals surface area contributed by atoms with Gasteiger partial charge in [0, 0.05) is 30.1 Å². The normalized spacial score (nSPS) is 12.6. The summed E-state index contributed by atoms with van der Waals surface area (Å²) in [5.41, 5.74) is 4.58. The van der Waals surface area contributed by atoms with Crippen molar-refractivity contribution in [2.45, 2.75) is 33.1 Å². The molecule has 0 amide bonds. The zero-order valence-electron chi connectivity index (χ0n) is 15.9. The van der Waals surface area contributed by atoms with E-state index in [1.807, 2.05) is 22.7 Å². The monoisotopic (exact) mass is 357 g/mol. The van der Waals surface area contributed by atoms with Crippen molar-refractivity contribution in [1.82, 2.24) is 24.6 Å². The fourth-order valence-corrected chi connectivity index (χ4v) is 3.30. The Balaban J connectivity index is 1.68. The van der Waals surface area contributed by atoms with Gasteiger partial charge < -0.3 is 0 Å². The second-order valence-electron chi connectivity index (χ2n) is 7.31. The summed E-state index contributed by atoms with van der Waals surface area (Å²) in [6.07, 6.45) is 6.43. The van der Waals surface area contributed by atoms with Gasteiger partial charge in [0.15, 0.2) is 5.82 Å². The van der Waals surface area contributed by atoms with Gasteiger partial charge in [0.1, 0.15) is 0 Å². The quantitative estimate of drug-likeness (QED) is 0.526. The minimum Gasteiger partial charge on any atom is -0.265 e. The van der Waals surface area contributed by atoms with Gasteiger partial charge in [0.05, 0.1) is 5.69 Å². The van der Waals surface area contributed by atoms with E-state index in [1.54, 1.807) is 18.6 Å². The molecule has 1 atom stereocenters. The van der Waals surface area contributed by atoms with Crippen LogP contribution in [0.4, 0.5) is 0 Å². The van der Waals surface area contributed by atoms with E-state index in [1.165, 1.54) is 11.1 Å². The largest absolute Gasteiger partial charge is 0.265 e. The zero-order valence-corrected chi connectivity index (χ0v) is 15.9. The van der Waals surface area contributed by atoms with Gasteiger partial charge in [-0.25, -0.2) is 4.98 Å². The molecule has 0 aliphatic heterocycles. The topological polar surface area (TPSA) is 56.0 Å². The molecule has 3 aromatic heterocycles. The Kier molecular flexibility index (Phi) is 4.67. The first-order valence-electron chi connectivity index (χ1n) is 9.32. The fourth-order valence-electron chi connectivity index (χ4n) is 3.30. The van der Waals surface area contributed by atoms with Crippen LogP contribution in [-0.4, -0.2) is 24.6 Å². The molecular weight excluding hydrogens is 334 g/mol. The maximum absolute atomic E-state index is 4.76. The molecule has 0 aliphatic carbocycles. The molecule has 4 aromatic rings. The number of benzene rings is 1. The molecule has 0 bridgehead atoms. The van der Waals surface area contributed by atoms with Crippen molar-refractivity contribution in [2.24, 2.45) is 5.92 Å². The molecule has 3 heterocycles. The van der Waals surface area contributed by atoms with E-state index < -0.39 is 0 Å². The van der Waals surface area contributed by atoms with Crippen LogP contribution in [-0.2, 0) is 6.42 Å². The number of pyridine rings is 1. The Hall–Kier alpha value is -3.08. The molecule has 0 saturated carbocycles. The van der Waals surface area contributed by atoms with Gasteiger partial charge in [-0.2, -0.15) is 9.50 Å². The molecule has 5 heteroatoms. The zero-order chi connectivity index (χ0) is 18.8. The number of aromatic nitrogens is 5. The Labute approximate surface area is 159 Å². The lowest BCUT2D eigenvalue weighted by molar-refractivity contribution is 0.647. The van der Waals surface area contributed by atoms with Crippen LogP contribution in [0.15, 0.2) is 61.1 Å². The standard InChI is InChI=1S/C22H23N5/c1-15(2)14-17-4-6-18(7-5-17)16(3)21-25-22-24-13-10-20(27(22)26-21)19-8-11-23-12-9-19/h4-13,15-16H,14H2,1-3H3. The van der Waals surface area contributed by atoms with Crippen molar-refractivity contribution in [3.8, 4) is 11.3 Å². The summed E-state index contributed by atoms with van der Waals surface area (Å²) in [4.78, 5) is 13.1. The summed E-state index contributed by atoms with van der Waals surface area (Å²) < 4.78 is 1.81. The van der Waals surface area contributed by atoms with Crippen LogP contribution in [0, 0.1) is 5.92 Å². The number of hydrogen-bond acceptors (Lipinski definition) is 4. The highest BCUT2D eigenvalue weighted by Gasteiger charge is 2.17. The summed E-state index contributed by atoms with van der Waals surface area (Å²) in [5, 5.41) is 4.76. The van der Waals surface area contributed by atoms with Crippen LogP contribution in [0.2, 0.25) is 0 Å². The van der Waals surface area contributed by atoms with Crippen molar-refractivity contribution in [1.29, 1.82) is 0 Å². The van der Waals surface area contributed by atoms with E-state index in [0.29, 0.717) is 11.7 Å². The smallest absolute Gasteiger partial charge is 0.252 e. The predicted octanol–water partition coefficient (Wildman–Crippen LogP) is 4.54. The molecule has 4 rings (SSSR count). The molecule has 0 aliphatic rings. The van der Waals surface area contributed by atoms with E-state index in [0.717, 1.165) is 23.5 Å². The number of rotatable bonds is 5. The molecule has 1 unspecified atom stereocenters. The summed E-state index contributed by atoms with van der Waals surface area (Å²) in [6, 6.07) is 14.7. The average molecular weight is 357 g/mol. The molecular formula is C22H23N5. The van der Waals surface area contributed by atoms with E-state index in [2.05, 4.69) is 60.0 Å². The van der Waals surface area contributed by atoms with Crippen molar-refractivity contribution >= 4 is 5.78 Å². The predicted molar refractivity (Wildman–Crippen MR) is 107 cm³/mol. The van der Waals surface area contributed by atoms with Crippen LogP contribution < -0.4 is 0 Å². The third kappa shape index (κ3) is 3.58. The molecule has 0 radical (unpaired) electrons. The summed E-state index contributed by atoms with van der Waals surface area (Å²) in [6.45, 7) is 6.62. The molecule has 1 aromatic carbocycles. The van der Waals surface area contributed by atoms with Gasteiger partial charge >= 0.3 is 0 Å². The van der Waals surface area contributed by atoms with Crippen molar-refractivity contribution in [3.63, 3.8) is 0 Å². The van der Waals surface area contributed by atoms with Gasteiger partial charge in [-0.15, -0.1) is 5.10 Å². The third-order valence-electron chi connectivity index (χ3n) is 4.74. The molecule has 27 heavy (non-hydrogen) atoms. The lowest BCUT2D eigenvalue weighted by Gasteiger charge is -2.10. The first-order chi connectivity index (χ1) is 13.1. The van der Waals surface area contributed by atoms with Crippen LogP contribution in [0.25, 0.3) is 17.0 Å². The Morgan fingerprint density at radius 3 is 2.33 bits per heavy atom. The molecule has 5 nitrogen and oxygen atoms in total. The Morgan fingerprint density at radius 2 is 1.63 bits per heavy atom. The van der Waals surface area contributed by atoms with Gasteiger partial charge in [0.2, 0.25) is 0 Å². The highest BCUT2D eigenvalue weighted by molar-refractivity contribution is 5.60. The van der Waals surface area contributed by atoms with Gasteiger partial charge in [-0.05, 0) is 41.7 Å². The van der Waals surface area contributed by atoms with Gasteiger partial charge in [-0.3, -0.25) is 4.98 Å². The lowest BCUT2D eigenvalue weighted by atomic mass is 9.96. The lowest BCUT2D eigenvalue weighted by Crippen LogP contribution is -2.01. The van der Waals surface area contributed by atoms with Crippen molar-refractivity contribution < 1.29 is 0 Å². The highest BCUT2D eigenvalue weighted by atomic mass is 15.3. The number of nitrogens with zero attached hydrogens (tertiary/aromatic N) is 5. The molecule has 0 spiro atoms. The summed E-state index contributed by atoms with van der Waals surface area (Å²) in [7, 11) is 0. The van der Waals surface area contributed by atoms with Crippen LogP contribution in [0.1, 0.15) is 43.6 Å². The number of fused-ring (bicyclic) bond motifs is 1. The van der Waals surface area contributed by atoms with Crippen LogP contribution in [0.3, 0.4) is 0 Å². The first kappa shape index (κ1) is 17.3. The number of hydrogen-bond donors (Lipinski definition) is 0. The van der Waals surface area contributed by atoms with Gasteiger partial charge in [0.25, 0.3) is 5.78 Å². The van der Waals surface area contributed by atoms with E-state index in [-0.39, 0.29) is 5.92 Å². The maximum Gasteiger partial charge on any atom is 0.252 e. The SMILES string of the molecule is CC(C)Cc1ccc(C(C)c2nc3nccc(-c4ccncc4)n3n2)cc1. The molecule has 0 N–H and O–H groups in total. The minimum atomic E-state index is 0.102. The second-order valence-corrected chi connectivity index (χ2v) is 7.31. The van der Waals surface area contributed by atoms with Gasteiger partial charge in [-0.1, -0.05) is 45.0 Å². The van der Waals surface area contributed by atoms with Crippen LogP contribution in [0.5, 0.6) is 0 Å². The second kappa shape index (κ2) is 7.27. The third-order valence-corrected chi connectivity index (χ3v) is 4.74. The Bertz CT molecular complexity index is 1040. The maximum atomic E-state index is 4.76. The minimum absolute atomic E-state index is 0.102. The first-order valence-corrected chi connectivity index (χ1v) is 9.32. The average Bonchev–Trinajstić information content (AvgIpc) is 3.12. The van der Waals surface area contributed by atoms with E-state index in [9.17, 15) is 0 Å². The van der Waals surface area contributed by atoms with Crippen molar-refractivity contribution in [3.05, 3.63) is 78.0 Å². The molecule has 136 valence electrons. The van der Waals surface area contributed by atoms with E-state index in [4.69, 9.17) is 5.10 Å². The highest BCUT2D eigenvalue weighted by Crippen LogP contribution is 2.24. The molecule has 0 fully saturated rings. The summed E-state index contributed by atoms with van der Waals surface area (Å²) >= 11 is 0. The fraction of sp³-hybridized carbons (Fsp3) is 0.273. The van der Waals surface area contributed by atoms with Crippen molar-refractivity contribution in [2.75, 3.05) is 0 Å². The van der Waals surface area contributed by atoms with E-state index >= 15 is 0 Å². The van der Waals surface area contributed by atoms with Crippen LogP contribution >= 0.6 is 0 Å². The Morgan fingerprint density at radius 1 is 0.889 bits per heavy atom. The summed E-state index contributed by atoms with van der Waals surface area (Å²) in [5.74, 6) is 2.15.